The third-order valence-electron chi connectivity index (χ3n) is 5.59. The van der Waals surface area contributed by atoms with E-state index in [-0.39, 0.29) is 12.1 Å². The zero-order valence-corrected chi connectivity index (χ0v) is 17.0. The molecule has 146 valence electrons. The van der Waals surface area contributed by atoms with Crippen molar-refractivity contribution < 1.29 is 9.47 Å². The van der Waals surface area contributed by atoms with Gasteiger partial charge in [0.2, 0.25) is 0 Å². The number of hydrogen-bond acceptors (Lipinski definition) is 5. The van der Waals surface area contributed by atoms with Gasteiger partial charge in [0.1, 0.15) is 11.9 Å². The highest BCUT2D eigenvalue weighted by atomic mass is 16.5. The predicted octanol–water partition coefficient (Wildman–Crippen LogP) is 4.90. The number of fused-ring (bicyclic) bond motifs is 1. The summed E-state index contributed by atoms with van der Waals surface area (Å²) in [6.45, 7) is 9.87. The van der Waals surface area contributed by atoms with Crippen LogP contribution >= 0.6 is 0 Å². The lowest BCUT2D eigenvalue weighted by Crippen LogP contribution is -2.15. The van der Waals surface area contributed by atoms with Gasteiger partial charge in [0, 0.05) is 17.2 Å². The molecule has 0 radical (unpaired) electrons. The van der Waals surface area contributed by atoms with Gasteiger partial charge in [0.25, 0.3) is 0 Å². The summed E-state index contributed by atoms with van der Waals surface area (Å²) in [6.07, 6.45) is 1.05. The fourth-order valence-corrected chi connectivity index (χ4v) is 3.77. The second kappa shape index (κ2) is 7.76. The average molecular weight is 377 g/mol. The molecule has 0 aliphatic carbocycles. The summed E-state index contributed by atoms with van der Waals surface area (Å²) in [6, 6.07) is 12.7. The van der Waals surface area contributed by atoms with Gasteiger partial charge in [-0.25, -0.2) is 0 Å². The van der Waals surface area contributed by atoms with E-state index in [0.717, 1.165) is 41.1 Å². The lowest BCUT2D eigenvalue weighted by atomic mass is 9.98. The Morgan fingerprint density at radius 2 is 1.96 bits per heavy atom. The molecule has 1 aliphatic rings. The highest BCUT2D eigenvalue weighted by molar-refractivity contribution is 5.94. The molecular formula is C23H27N3O2. The zero-order valence-electron chi connectivity index (χ0n) is 17.0. The number of aromatic nitrogens is 2. The van der Waals surface area contributed by atoms with E-state index in [4.69, 9.17) is 9.47 Å². The molecule has 1 N–H and O–H groups in total. The molecule has 28 heavy (non-hydrogen) atoms. The largest absolute Gasteiger partial charge is 0.488 e. The Labute approximate surface area is 166 Å². The molecule has 5 heteroatoms. The molecule has 1 saturated heterocycles. The topological polar surface area (TPSA) is 56.3 Å². The van der Waals surface area contributed by atoms with E-state index in [0.29, 0.717) is 6.61 Å². The lowest BCUT2D eigenvalue weighted by Gasteiger charge is -2.20. The number of aryl methyl sites for hydroxylation is 2. The Bertz CT molecular complexity index is 997. The van der Waals surface area contributed by atoms with Gasteiger partial charge in [-0.15, -0.1) is 5.10 Å². The molecule has 0 saturated carbocycles. The molecule has 0 spiro atoms. The number of ether oxygens (including phenoxy) is 2. The van der Waals surface area contributed by atoms with Gasteiger partial charge in [-0.1, -0.05) is 18.2 Å². The van der Waals surface area contributed by atoms with Crippen LogP contribution in [0.25, 0.3) is 10.8 Å². The van der Waals surface area contributed by atoms with Crippen molar-refractivity contribution in [2.45, 2.75) is 46.3 Å². The molecule has 2 atom stereocenters. The van der Waals surface area contributed by atoms with Gasteiger partial charge in [0.05, 0.1) is 24.9 Å². The Morgan fingerprint density at radius 1 is 1.11 bits per heavy atom. The second-order valence-corrected chi connectivity index (χ2v) is 7.60. The number of nitrogens with zero attached hydrogens (tertiary/aromatic N) is 2. The van der Waals surface area contributed by atoms with E-state index < -0.39 is 0 Å². The minimum absolute atomic E-state index is 0.118. The van der Waals surface area contributed by atoms with Crippen molar-refractivity contribution in [1.82, 2.24) is 10.2 Å². The summed E-state index contributed by atoms with van der Waals surface area (Å²) >= 11 is 0. The maximum atomic E-state index is 6.10. The normalized spacial score (nSPS) is 17.6. The fourth-order valence-electron chi connectivity index (χ4n) is 3.77. The quantitative estimate of drug-likeness (QED) is 0.686. The van der Waals surface area contributed by atoms with Crippen LogP contribution in [-0.2, 0) is 4.74 Å². The fraction of sp³-hybridized carbons (Fsp3) is 0.391. The molecule has 3 aromatic rings. The van der Waals surface area contributed by atoms with Crippen LogP contribution < -0.4 is 10.1 Å². The molecule has 1 aliphatic heterocycles. The third kappa shape index (κ3) is 3.67. The van der Waals surface area contributed by atoms with Crippen molar-refractivity contribution in [2.24, 2.45) is 0 Å². The molecule has 0 unspecified atom stereocenters. The smallest absolute Gasteiger partial charge is 0.157 e. The van der Waals surface area contributed by atoms with Crippen LogP contribution in [0.3, 0.4) is 0 Å². The number of nitrogens with one attached hydrogen (secondary N) is 1. The average Bonchev–Trinajstić information content (AvgIpc) is 3.19. The highest BCUT2D eigenvalue weighted by Crippen LogP contribution is 2.31. The molecule has 5 nitrogen and oxygen atoms in total. The van der Waals surface area contributed by atoms with E-state index in [1.54, 1.807) is 0 Å². The minimum atomic E-state index is 0.118. The zero-order chi connectivity index (χ0) is 19.7. The Balaban J connectivity index is 1.67. The number of benzene rings is 2. The van der Waals surface area contributed by atoms with Gasteiger partial charge in [-0.3, -0.25) is 0 Å². The molecule has 0 amide bonds. The van der Waals surface area contributed by atoms with Crippen molar-refractivity contribution in [3.63, 3.8) is 0 Å². The van der Waals surface area contributed by atoms with Gasteiger partial charge in [-0.05, 0) is 62.6 Å². The Hall–Kier alpha value is -2.66. The van der Waals surface area contributed by atoms with Gasteiger partial charge in [-0.2, -0.15) is 5.10 Å². The molecule has 1 fully saturated rings. The van der Waals surface area contributed by atoms with Crippen LogP contribution in [0.5, 0.6) is 5.75 Å². The van der Waals surface area contributed by atoms with E-state index >= 15 is 0 Å². The van der Waals surface area contributed by atoms with Crippen LogP contribution in [0.4, 0.5) is 5.82 Å². The third-order valence-corrected chi connectivity index (χ3v) is 5.59. The first-order valence-electron chi connectivity index (χ1n) is 9.87. The second-order valence-electron chi connectivity index (χ2n) is 7.60. The van der Waals surface area contributed by atoms with Crippen molar-refractivity contribution in [3.8, 4) is 5.75 Å². The molecule has 0 bridgehead atoms. The van der Waals surface area contributed by atoms with E-state index in [2.05, 4.69) is 66.6 Å². The minimum Gasteiger partial charge on any atom is -0.488 e. The maximum Gasteiger partial charge on any atom is 0.157 e. The van der Waals surface area contributed by atoms with Gasteiger partial charge >= 0.3 is 0 Å². The summed E-state index contributed by atoms with van der Waals surface area (Å²) in [5.41, 5.74) is 4.78. The maximum absolute atomic E-state index is 6.10. The molecule has 2 aromatic carbocycles. The van der Waals surface area contributed by atoms with Gasteiger partial charge in [0.15, 0.2) is 5.82 Å². The monoisotopic (exact) mass is 377 g/mol. The van der Waals surface area contributed by atoms with E-state index in [9.17, 15) is 0 Å². The van der Waals surface area contributed by atoms with Crippen LogP contribution in [0, 0.1) is 20.8 Å². The van der Waals surface area contributed by atoms with Crippen LogP contribution in [-0.4, -0.2) is 29.5 Å². The first-order valence-corrected chi connectivity index (χ1v) is 9.87. The molecule has 4 rings (SSSR count). The van der Waals surface area contributed by atoms with Crippen molar-refractivity contribution in [1.29, 1.82) is 0 Å². The summed E-state index contributed by atoms with van der Waals surface area (Å²) in [5.74, 6) is 1.62. The van der Waals surface area contributed by atoms with Crippen LogP contribution in [0.2, 0.25) is 0 Å². The summed E-state index contributed by atoms with van der Waals surface area (Å²) in [4.78, 5) is 0. The molecule has 1 aromatic heterocycles. The van der Waals surface area contributed by atoms with Crippen molar-refractivity contribution in [3.05, 3.63) is 58.8 Å². The lowest BCUT2D eigenvalue weighted by molar-refractivity contribution is 0.141. The standard InChI is InChI=1S/C23H27N3O2/c1-14-6-5-7-20(15(14)2)16(3)24-23-22-12-18(28-19-10-11-27-13-19)8-9-21(22)17(4)25-26-23/h5-9,12,16,19H,10-11,13H2,1-4H3,(H,24,26)/t16-,19+/m1/s1. The van der Waals surface area contributed by atoms with E-state index in [1.807, 2.05) is 13.0 Å². The first-order chi connectivity index (χ1) is 13.5. The summed E-state index contributed by atoms with van der Waals surface area (Å²) in [5, 5.41) is 14.5. The summed E-state index contributed by atoms with van der Waals surface area (Å²) < 4.78 is 11.5. The van der Waals surface area contributed by atoms with Crippen LogP contribution in [0.1, 0.15) is 41.8 Å². The SMILES string of the molecule is Cc1cccc([C@@H](C)Nc2nnc(C)c3ccc(O[C@H]4CCOC4)cc23)c1C. The van der Waals surface area contributed by atoms with E-state index in [1.165, 1.54) is 16.7 Å². The number of rotatable bonds is 5. The Kier molecular flexibility index (Phi) is 5.18. The Morgan fingerprint density at radius 3 is 2.75 bits per heavy atom. The van der Waals surface area contributed by atoms with Crippen molar-refractivity contribution in [2.75, 3.05) is 18.5 Å². The molecular weight excluding hydrogens is 350 g/mol. The predicted molar refractivity (Wildman–Crippen MR) is 112 cm³/mol. The number of hydrogen-bond donors (Lipinski definition) is 1. The van der Waals surface area contributed by atoms with Crippen molar-refractivity contribution >= 4 is 16.6 Å². The van der Waals surface area contributed by atoms with Gasteiger partial charge < -0.3 is 14.8 Å². The molecule has 2 heterocycles. The summed E-state index contributed by atoms with van der Waals surface area (Å²) in [7, 11) is 0. The number of anilines is 1. The first kappa shape index (κ1) is 18.7. The van der Waals surface area contributed by atoms with Crippen LogP contribution in [0.15, 0.2) is 36.4 Å². The highest BCUT2D eigenvalue weighted by Gasteiger charge is 2.18.